The van der Waals surface area contributed by atoms with Crippen LogP contribution >= 0.6 is 23.6 Å². The number of aromatic nitrogens is 1. The van der Waals surface area contributed by atoms with E-state index in [0.29, 0.717) is 11.4 Å². The molecular formula is C16H12FN3O2S2. The lowest BCUT2D eigenvalue weighted by atomic mass is 10.3. The summed E-state index contributed by atoms with van der Waals surface area (Å²) in [6.45, 7) is 1.34. The van der Waals surface area contributed by atoms with Gasteiger partial charge in [0.25, 0.3) is 0 Å². The Bertz CT molecular complexity index is 927. The predicted octanol–water partition coefficient (Wildman–Crippen LogP) is 4.06. The zero-order chi connectivity index (χ0) is 17.1. The van der Waals surface area contributed by atoms with Crippen molar-refractivity contribution in [3.8, 4) is 11.5 Å². The molecule has 3 rings (SSSR count). The standard InChI is InChI=1S/C16H12FN3O2S2/c1-9(21)19-16(23)20-10-2-3-13(11(17)8-10)22-14-4-6-18-12-5-7-24-15(12)14/h2-8H,1H3,(H2,19,20,21,23). The van der Waals surface area contributed by atoms with Crippen molar-refractivity contribution in [1.82, 2.24) is 10.3 Å². The molecule has 0 unspecified atom stereocenters. The summed E-state index contributed by atoms with van der Waals surface area (Å²) in [4.78, 5) is 15.1. The summed E-state index contributed by atoms with van der Waals surface area (Å²) in [5.74, 6) is -0.215. The molecule has 2 N–H and O–H groups in total. The number of pyridine rings is 1. The highest BCUT2D eigenvalue weighted by atomic mass is 32.1. The van der Waals surface area contributed by atoms with Crippen LogP contribution in [0.2, 0.25) is 0 Å². The van der Waals surface area contributed by atoms with E-state index in [4.69, 9.17) is 17.0 Å². The van der Waals surface area contributed by atoms with Crippen molar-refractivity contribution < 1.29 is 13.9 Å². The van der Waals surface area contributed by atoms with Crippen molar-refractivity contribution in [3.05, 3.63) is 47.7 Å². The molecule has 5 nitrogen and oxygen atoms in total. The largest absolute Gasteiger partial charge is 0.453 e. The topological polar surface area (TPSA) is 63.2 Å². The van der Waals surface area contributed by atoms with E-state index in [1.807, 2.05) is 11.4 Å². The molecule has 0 aliphatic carbocycles. The summed E-state index contributed by atoms with van der Waals surface area (Å²) in [7, 11) is 0. The van der Waals surface area contributed by atoms with Crippen LogP contribution in [0.5, 0.6) is 11.5 Å². The van der Waals surface area contributed by atoms with Gasteiger partial charge in [-0.15, -0.1) is 11.3 Å². The molecule has 2 aromatic heterocycles. The van der Waals surface area contributed by atoms with Gasteiger partial charge < -0.3 is 15.4 Å². The first-order chi connectivity index (χ1) is 11.5. The second kappa shape index (κ2) is 6.90. The van der Waals surface area contributed by atoms with E-state index in [2.05, 4.69) is 15.6 Å². The highest BCUT2D eigenvalue weighted by Gasteiger charge is 2.10. The first-order valence-corrected chi connectivity index (χ1v) is 8.20. The van der Waals surface area contributed by atoms with Crippen LogP contribution < -0.4 is 15.4 Å². The zero-order valence-corrected chi connectivity index (χ0v) is 14.1. The number of hydrogen-bond acceptors (Lipinski definition) is 5. The van der Waals surface area contributed by atoms with Crippen molar-refractivity contribution in [1.29, 1.82) is 0 Å². The maximum Gasteiger partial charge on any atom is 0.222 e. The van der Waals surface area contributed by atoms with Gasteiger partial charge in [-0.05, 0) is 35.8 Å². The average molecular weight is 361 g/mol. The fourth-order valence-electron chi connectivity index (χ4n) is 2.03. The van der Waals surface area contributed by atoms with Gasteiger partial charge in [0.15, 0.2) is 16.7 Å². The third kappa shape index (κ3) is 3.66. The number of anilines is 1. The molecule has 0 saturated carbocycles. The third-order valence-corrected chi connectivity index (χ3v) is 4.13. The normalized spacial score (nSPS) is 10.4. The van der Waals surface area contributed by atoms with Crippen LogP contribution in [0.1, 0.15) is 6.92 Å². The van der Waals surface area contributed by atoms with Crippen LogP contribution in [0.3, 0.4) is 0 Å². The number of amides is 1. The molecule has 0 radical (unpaired) electrons. The first kappa shape index (κ1) is 16.3. The van der Waals surface area contributed by atoms with E-state index in [1.165, 1.54) is 30.4 Å². The van der Waals surface area contributed by atoms with Crippen molar-refractivity contribution >= 4 is 50.5 Å². The quantitative estimate of drug-likeness (QED) is 0.689. The summed E-state index contributed by atoms with van der Waals surface area (Å²) in [5, 5.41) is 7.13. The second-order valence-corrected chi connectivity index (χ2v) is 6.15. The van der Waals surface area contributed by atoms with Crippen LogP contribution in [0.15, 0.2) is 41.9 Å². The maximum absolute atomic E-state index is 14.3. The molecule has 0 spiro atoms. The summed E-state index contributed by atoms with van der Waals surface area (Å²) < 4.78 is 20.8. The number of fused-ring (bicyclic) bond motifs is 1. The van der Waals surface area contributed by atoms with Gasteiger partial charge in [0.2, 0.25) is 5.91 Å². The number of ether oxygens (including phenoxy) is 1. The van der Waals surface area contributed by atoms with Gasteiger partial charge in [0.1, 0.15) is 5.75 Å². The molecule has 0 aliphatic rings. The van der Waals surface area contributed by atoms with E-state index in [1.54, 1.807) is 18.3 Å². The Labute approximate surface area is 146 Å². The minimum atomic E-state index is -0.549. The summed E-state index contributed by atoms with van der Waals surface area (Å²) >= 11 is 6.41. The van der Waals surface area contributed by atoms with E-state index in [-0.39, 0.29) is 16.8 Å². The first-order valence-electron chi connectivity index (χ1n) is 6.91. The molecule has 24 heavy (non-hydrogen) atoms. The van der Waals surface area contributed by atoms with Gasteiger partial charge in [-0.2, -0.15) is 0 Å². The molecular weight excluding hydrogens is 349 g/mol. The van der Waals surface area contributed by atoms with Gasteiger partial charge in [-0.3, -0.25) is 9.78 Å². The summed E-state index contributed by atoms with van der Waals surface area (Å²) in [6.07, 6.45) is 1.62. The van der Waals surface area contributed by atoms with Crippen LogP contribution in [-0.4, -0.2) is 16.0 Å². The fourth-order valence-corrected chi connectivity index (χ4v) is 3.09. The molecule has 0 saturated heterocycles. The number of nitrogens with zero attached hydrogens (tertiary/aromatic N) is 1. The minimum absolute atomic E-state index is 0.0897. The van der Waals surface area contributed by atoms with E-state index in [9.17, 15) is 9.18 Å². The Hall–Kier alpha value is -2.58. The lowest BCUT2D eigenvalue weighted by Gasteiger charge is -2.11. The molecule has 3 aromatic rings. The molecule has 0 bridgehead atoms. The monoisotopic (exact) mass is 361 g/mol. The molecule has 0 fully saturated rings. The summed E-state index contributed by atoms with van der Waals surface area (Å²) in [6, 6.07) is 7.92. The average Bonchev–Trinajstić information content (AvgIpc) is 2.98. The smallest absolute Gasteiger partial charge is 0.222 e. The van der Waals surface area contributed by atoms with Gasteiger partial charge >= 0.3 is 0 Å². The Morgan fingerprint density at radius 2 is 2.12 bits per heavy atom. The SMILES string of the molecule is CC(=O)NC(=S)Nc1ccc(Oc2ccnc3ccsc23)c(F)c1. The molecule has 0 aliphatic heterocycles. The molecule has 122 valence electrons. The number of halogens is 1. The fraction of sp³-hybridized carbons (Fsp3) is 0.0625. The maximum atomic E-state index is 14.3. The predicted molar refractivity (Wildman–Crippen MR) is 96.1 cm³/mol. The highest BCUT2D eigenvalue weighted by molar-refractivity contribution is 7.80. The van der Waals surface area contributed by atoms with Gasteiger partial charge in [-0.25, -0.2) is 4.39 Å². The number of hydrogen-bond donors (Lipinski definition) is 2. The molecule has 1 aromatic carbocycles. The molecule has 1 amide bonds. The van der Waals surface area contributed by atoms with Crippen LogP contribution in [0.25, 0.3) is 10.2 Å². The van der Waals surface area contributed by atoms with Crippen molar-refractivity contribution in [3.63, 3.8) is 0 Å². The van der Waals surface area contributed by atoms with E-state index >= 15 is 0 Å². The number of thiophene rings is 1. The highest BCUT2D eigenvalue weighted by Crippen LogP contribution is 2.34. The number of carbonyl (C=O) groups is 1. The summed E-state index contributed by atoms with van der Waals surface area (Å²) in [5.41, 5.74) is 1.21. The van der Waals surface area contributed by atoms with E-state index < -0.39 is 5.82 Å². The van der Waals surface area contributed by atoms with Crippen molar-refractivity contribution in [2.45, 2.75) is 6.92 Å². The number of nitrogens with one attached hydrogen (secondary N) is 2. The molecule has 2 heterocycles. The van der Waals surface area contributed by atoms with Crippen LogP contribution in [-0.2, 0) is 4.79 Å². The van der Waals surface area contributed by atoms with Crippen molar-refractivity contribution in [2.75, 3.05) is 5.32 Å². The van der Waals surface area contributed by atoms with Crippen LogP contribution in [0.4, 0.5) is 10.1 Å². The Kier molecular flexibility index (Phi) is 4.68. The Balaban J connectivity index is 1.79. The van der Waals surface area contributed by atoms with Crippen molar-refractivity contribution in [2.24, 2.45) is 0 Å². The Morgan fingerprint density at radius 1 is 1.29 bits per heavy atom. The lowest BCUT2D eigenvalue weighted by molar-refractivity contribution is -0.117. The third-order valence-electron chi connectivity index (χ3n) is 3.01. The van der Waals surface area contributed by atoms with Gasteiger partial charge in [0, 0.05) is 30.9 Å². The molecule has 8 heteroatoms. The van der Waals surface area contributed by atoms with Crippen LogP contribution in [0, 0.1) is 5.82 Å². The van der Waals surface area contributed by atoms with Gasteiger partial charge in [-0.1, -0.05) is 0 Å². The minimum Gasteiger partial charge on any atom is -0.453 e. The number of thiocarbonyl (C=S) groups is 1. The number of carbonyl (C=O) groups excluding carboxylic acids is 1. The lowest BCUT2D eigenvalue weighted by Crippen LogP contribution is -2.32. The van der Waals surface area contributed by atoms with E-state index in [0.717, 1.165) is 10.2 Å². The second-order valence-electron chi connectivity index (χ2n) is 4.83. The molecule has 0 atom stereocenters. The van der Waals surface area contributed by atoms with Gasteiger partial charge in [0.05, 0.1) is 10.2 Å². The number of benzene rings is 1. The number of rotatable bonds is 3. The zero-order valence-electron chi connectivity index (χ0n) is 12.5. The Morgan fingerprint density at radius 3 is 2.88 bits per heavy atom.